The van der Waals surface area contributed by atoms with Crippen molar-refractivity contribution in [3.05, 3.63) is 40.7 Å². The van der Waals surface area contributed by atoms with E-state index in [9.17, 15) is 4.39 Å². The molecule has 0 amide bonds. The fraction of sp³-hybridized carbons (Fsp3) is 0.438. The molecular weight excluding hydrogens is 285 g/mol. The number of anilines is 2. The Bertz CT molecular complexity index is 580. The van der Waals surface area contributed by atoms with Gasteiger partial charge >= 0.3 is 0 Å². The van der Waals surface area contributed by atoms with Gasteiger partial charge in [0.2, 0.25) is 0 Å². The SMILES string of the molecule is CCC(C)c1nc(N(CC)c2ccc(F)cc2)sc1CN. The lowest BCUT2D eigenvalue weighted by molar-refractivity contribution is 0.628. The minimum Gasteiger partial charge on any atom is -0.326 e. The maximum absolute atomic E-state index is 13.1. The monoisotopic (exact) mass is 307 g/mol. The van der Waals surface area contributed by atoms with Gasteiger partial charge in [0.25, 0.3) is 0 Å². The quantitative estimate of drug-likeness (QED) is 0.859. The zero-order valence-electron chi connectivity index (χ0n) is 12.8. The zero-order chi connectivity index (χ0) is 15.4. The number of thiazole rings is 1. The molecule has 0 saturated heterocycles. The van der Waals surface area contributed by atoms with Gasteiger partial charge in [0.05, 0.1) is 5.69 Å². The molecule has 1 atom stereocenters. The summed E-state index contributed by atoms with van der Waals surface area (Å²) in [6.45, 7) is 7.69. The van der Waals surface area contributed by atoms with Gasteiger partial charge in [0.1, 0.15) is 5.82 Å². The Morgan fingerprint density at radius 2 is 1.95 bits per heavy atom. The number of rotatable bonds is 6. The molecule has 0 bridgehead atoms. The van der Waals surface area contributed by atoms with E-state index in [1.165, 1.54) is 12.1 Å². The van der Waals surface area contributed by atoms with E-state index in [1.807, 2.05) is 0 Å². The Kier molecular flexibility index (Phi) is 5.31. The van der Waals surface area contributed by atoms with E-state index >= 15 is 0 Å². The maximum Gasteiger partial charge on any atom is 0.190 e. The van der Waals surface area contributed by atoms with Crippen LogP contribution >= 0.6 is 11.3 Å². The second kappa shape index (κ2) is 7.00. The van der Waals surface area contributed by atoms with Crippen molar-refractivity contribution in [2.45, 2.75) is 39.7 Å². The van der Waals surface area contributed by atoms with Gasteiger partial charge in [0, 0.05) is 23.7 Å². The van der Waals surface area contributed by atoms with Crippen LogP contribution in [0.2, 0.25) is 0 Å². The summed E-state index contributed by atoms with van der Waals surface area (Å²) >= 11 is 1.63. The number of hydrogen-bond acceptors (Lipinski definition) is 4. The van der Waals surface area contributed by atoms with Crippen molar-refractivity contribution in [2.75, 3.05) is 11.4 Å². The van der Waals surface area contributed by atoms with Crippen LogP contribution in [0.15, 0.2) is 24.3 Å². The zero-order valence-corrected chi connectivity index (χ0v) is 13.6. The Balaban J connectivity index is 2.38. The largest absolute Gasteiger partial charge is 0.326 e. The van der Waals surface area contributed by atoms with Gasteiger partial charge in [-0.25, -0.2) is 9.37 Å². The standard InChI is InChI=1S/C16H22FN3S/c1-4-11(3)15-14(10-18)21-16(19-15)20(5-2)13-8-6-12(17)7-9-13/h6-9,11H,4-5,10,18H2,1-3H3. The molecule has 1 aromatic carbocycles. The van der Waals surface area contributed by atoms with Gasteiger partial charge in [-0.05, 0) is 43.5 Å². The summed E-state index contributed by atoms with van der Waals surface area (Å²) in [6, 6.07) is 6.52. The van der Waals surface area contributed by atoms with Gasteiger partial charge in [-0.2, -0.15) is 0 Å². The molecule has 0 aliphatic rings. The molecule has 21 heavy (non-hydrogen) atoms. The Labute approximate surface area is 129 Å². The molecule has 1 aromatic heterocycles. The van der Waals surface area contributed by atoms with E-state index in [1.54, 1.807) is 23.5 Å². The molecule has 0 spiro atoms. The third kappa shape index (κ3) is 3.41. The van der Waals surface area contributed by atoms with E-state index in [2.05, 4.69) is 25.7 Å². The van der Waals surface area contributed by atoms with Crippen molar-refractivity contribution in [1.29, 1.82) is 0 Å². The first kappa shape index (κ1) is 15.9. The highest BCUT2D eigenvalue weighted by atomic mass is 32.1. The van der Waals surface area contributed by atoms with Crippen LogP contribution in [0, 0.1) is 5.82 Å². The summed E-state index contributed by atoms with van der Waals surface area (Å²) in [6.07, 6.45) is 1.04. The number of aromatic nitrogens is 1. The number of benzene rings is 1. The van der Waals surface area contributed by atoms with E-state index in [0.29, 0.717) is 12.5 Å². The van der Waals surface area contributed by atoms with Gasteiger partial charge in [0.15, 0.2) is 5.13 Å². The van der Waals surface area contributed by atoms with E-state index in [0.717, 1.165) is 34.4 Å². The fourth-order valence-corrected chi connectivity index (χ4v) is 3.38. The molecule has 2 aromatic rings. The molecule has 114 valence electrons. The van der Waals surface area contributed by atoms with Crippen molar-refractivity contribution in [2.24, 2.45) is 5.73 Å². The molecule has 0 aliphatic heterocycles. The molecule has 2 N–H and O–H groups in total. The first-order valence-corrected chi connectivity index (χ1v) is 8.15. The van der Waals surface area contributed by atoms with Crippen molar-refractivity contribution in [3.8, 4) is 0 Å². The van der Waals surface area contributed by atoms with Crippen LogP contribution in [-0.4, -0.2) is 11.5 Å². The van der Waals surface area contributed by atoms with Gasteiger partial charge < -0.3 is 10.6 Å². The van der Waals surface area contributed by atoms with E-state index < -0.39 is 0 Å². The molecular formula is C16H22FN3S. The van der Waals surface area contributed by atoms with Crippen LogP contribution in [-0.2, 0) is 6.54 Å². The molecule has 5 heteroatoms. The second-order valence-electron chi connectivity index (χ2n) is 5.04. The first-order chi connectivity index (χ1) is 10.1. The highest BCUT2D eigenvalue weighted by Gasteiger charge is 2.19. The summed E-state index contributed by atoms with van der Waals surface area (Å²) in [4.78, 5) is 8.02. The van der Waals surface area contributed by atoms with Gasteiger partial charge in [-0.3, -0.25) is 0 Å². The highest BCUT2D eigenvalue weighted by Crippen LogP contribution is 2.35. The fourth-order valence-electron chi connectivity index (χ4n) is 2.24. The smallest absolute Gasteiger partial charge is 0.190 e. The first-order valence-electron chi connectivity index (χ1n) is 7.33. The topological polar surface area (TPSA) is 42.2 Å². The second-order valence-corrected chi connectivity index (χ2v) is 6.10. The lowest BCUT2D eigenvalue weighted by Crippen LogP contribution is -2.15. The predicted octanol–water partition coefficient (Wildman–Crippen LogP) is 4.41. The summed E-state index contributed by atoms with van der Waals surface area (Å²) in [7, 11) is 0. The minimum absolute atomic E-state index is 0.225. The van der Waals surface area contributed by atoms with Crippen molar-refractivity contribution >= 4 is 22.2 Å². The van der Waals surface area contributed by atoms with Crippen molar-refractivity contribution in [3.63, 3.8) is 0 Å². The predicted molar refractivity (Wildman–Crippen MR) is 87.8 cm³/mol. The summed E-state index contributed by atoms with van der Waals surface area (Å²) in [5, 5.41) is 0.930. The van der Waals surface area contributed by atoms with Gasteiger partial charge in [-0.1, -0.05) is 25.2 Å². The maximum atomic E-state index is 13.1. The Hall–Kier alpha value is -1.46. The van der Waals surface area contributed by atoms with Crippen LogP contribution in [0.25, 0.3) is 0 Å². The third-order valence-electron chi connectivity index (χ3n) is 3.67. The molecule has 2 rings (SSSR count). The normalized spacial score (nSPS) is 12.4. The number of halogens is 1. The molecule has 0 radical (unpaired) electrons. The van der Waals surface area contributed by atoms with Crippen molar-refractivity contribution in [1.82, 2.24) is 4.98 Å². The Morgan fingerprint density at radius 1 is 1.29 bits per heavy atom. The third-order valence-corrected chi connectivity index (χ3v) is 4.78. The highest BCUT2D eigenvalue weighted by molar-refractivity contribution is 7.15. The average Bonchev–Trinajstić information content (AvgIpc) is 2.93. The summed E-state index contributed by atoms with van der Waals surface area (Å²) in [5.74, 6) is 0.178. The summed E-state index contributed by atoms with van der Waals surface area (Å²) < 4.78 is 13.1. The number of hydrogen-bond donors (Lipinski definition) is 1. The molecule has 1 heterocycles. The van der Waals surface area contributed by atoms with Crippen molar-refractivity contribution < 1.29 is 4.39 Å². The molecule has 0 saturated carbocycles. The molecule has 3 nitrogen and oxygen atoms in total. The molecule has 1 unspecified atom stereocenters. The molecule has 0 aliphatic carbocycles. The Morgan fingerprint density at radius 3 is 2.48 bits per heavy atom. The number of nitrogens with two attached hydrogens (primary N) is 1. The van der Waals surface area contributed by atoms with Crippen LogP contribution < -0.4 is 10.6 Å². The van der Waals surface area contributed by atoms with Gasteiger partial charge in [-0.15, -0.1) is 0 Å². The van der Waals surface area contributed by atoms with Crippen LogP contribution in [0.1, 0.15) is 43.7 Å². The van der Waals surface area contributed by atoms with Crippen LogP contribution in [0.4, 0.5) is 15.2 Å². The molecule has 0 fully saturated rings. The van der Waals surface area contributed by atoms with Crippen LogP contribution in [0.3, 0.4) is 0 Å². The lowest BCUT2D eigenvalue weighted by Gasteiger charge is -2.19. The van der Waals surface area contributed by atoms with Crippen LogP contribution in [0.5, 0.6) is 0 Å². The lowest BCUT2D eigenvalue weighted by atomic mass is 10.0. The van der Waals surface area contributed by atoms with E-state index in [4.69, 9.17) is 10.7 Å². The average molecular weight is 307 g/mol. The summed E-state index contributed by atoms with van der Waals surface area (Å²) in [5.41, 5.74) is 7.91. The van der Waals surface area contributed by atoms with E-state index in [-0.39, 0.29) is 5.82 Å². The number of nitrogens with zero attached hydrogens (tertiary/aromatic N) is 2. The minimum atomic E-state index is -0.225.